The van der Waals surface area contributed by atoms with Gasteiger partial charge in [0, 0.05) is 26.2 Å². The maximum atomic E-state index is 12.1. The van der Waals surface area contributed by atoms with Crippen LogP contribution < -0.4 is 4.90 Å². The first-order chi connectivity index (χ1) is 9.85. The van der Waals surface area contributed by atoms with E-state index in [9.17, 15) is 9.90 Å². The largest absolute Gasteiger partial charge is 0.505 e. The molecule has 1 aliphatic heterocycles. The first kappa shape index (κ1) is 15.3. The molecule has 0 aromatic carbocycles. The SMILES string of the molecule is CC(C)(C)OC(=O)N1CCCN(c2ncc(O)cn2)CC1. The number of ether oxygens (including phenoxy) is 1. The van der Waals surface area contributed by atoms with Crippen molar-refractivity contribution in [3.63, 3.8) is 0 Å². The highest BCUT2D eigenvalue weighted by molar-refractivity contribution is 5.68. The fourth-order valence-corrected chi connectivity index (χ4v) is 2.10. The molecule has 0 bridgehead atoms. The zero-order valence-corrected chi connectivity index (χ0v) is 12.7. The van der Waals surface area contributed by atoms with E-state index in [0.29, 0.717) is 25.6 Å². The normalized spacial score (nSPS) is 16.5. The van der Waals surface area contributed by atoms with Gasteiger partial charge in [-0.3, -0.25) is 0 Å². The summed E-state index contributed by atoms with van der Waals surface area (Å²) >= 11 is 0. The van der Waals surface area contributed by atoms with Crippen molar-refractivity contribution < 1.29 is 14.6 Å². The lowest BCUT2D eigenvalue weighted by Gasteiger charge is -2.26. The Morgan fingerprint density at radius 3 is 2.48 bits per heavy atom. The summed E-state index contributed by atoms with van der Waals surface area (Å²) < 4.78 is 5.39. The van der Waals surface area contributed by atoms with E-state index in [1.165, 1.54) is 12.4 Å². The van der Waals surface area contributed by atoms with Crippen molar-refractivity contribution in [1.82, 2.24) is 14.9 Å². The average Bonchev–Trinajstić information content (AvgIpc) is 2.63. The molecule has 1 amide bonds. The van der Waals surface area contributed by atoms with Crippen molar-refractivity contribution in [2.75, 3.05) is 31.1 Å². The summed E-state index contributed by atoms with van der Waals surface area (Å²) in [6, 6.07) is 0. The zero-order valence-electron chi connectivity index (χ0n) is 12.7. The van der Waals surface area contributed by atoms with Crippen molar-refractivity contribution in [3.05, 3.63) is 12.4 Å². The Balaban J connectivity index is 1.95. The van der Waals surface area contributed by atoms with Gasteiger partial charge in [0.15, 0.2) is 5.75 Å². The summed E-state index contributed by atoms with van der Waals surface area (Å²) in [6.07, 6.45) is 3.29. The molecule has 116 valence electrons. The van der Waals surface area contributed by atoms with E-state index in [1.54, 1.807) is 4.90 Å². The molecule has 0 aliphatic carbocycles. The highest BCUT2D eigenvalue weighted by Gasteiger charge is 2.25. The quantitative estimate of drug-likeness (QED) is 0.848. The van der Waals surface area contributed by atoms with Crippen molar-refractivity contribution >= 4 is 12.0 Å². The fourth-order valence-electron chi connectivity index (χ4n) is 2.10. The van der Waals surface area contributed by atoms with E-state index in [0.717, 1.165) is 13.0 Å². The van der Waals surface area contributed by atoms with Gasteiger partial charge >= 0.3 is 6.09 Å². The van der Waals surface area contributed by atoms with Gasteiger partial charge in [0.25, 0.3) is 0 Å². The molecule has 21 heavy (non-hydrogen) atoms. The third kappa shape index (κ3) is 4.47. The van der Waals surface area contributed by atoms with Crippen LogP contribution >= 0.6 is 0 Å². The predicted molar refractivity (Wildman–Crippen MR) is 78.3 cm³/mol. The highest BCUT2D eigenvalue weighted by Crippen LogP contribution is 2.15. The molecular formula is C14H22N4O3. The summed E-state index contributed by atoms with van der Waals surface area (Å²) in [5, 5.41) is 9.22. The van der Waals surface area contributed by atoms with E-state index in [4.69, 9.17) is 4.74 Å². The maximum Gasteiger partial charge on any atom is 0.410 e. The van der Waals surface area contributed by atoms with Gasteiger partial charge in [-0.1, -0.05) is 0 Å². The van der Waals surface area contributed by atoms with Crippen molar-refractivity contribution in [3.8, 4) is 5.75 Å². The first-order valence-electron chi connectivity index (χ1n) is 7.09. The molecular weight excluding hydrogens is 272 g/mol. The third-order valence-electron chi connectivity index (χ3n) is 3.06. The van der Waals surface area contributed by atoms with Crippen LogP contribution in [0.4, 0.5) is 10.7 Å². The predicted octanol–water partition coefficient (Wildman–Crippen LogP) is 1.63. The lowest BCUT2D eigenvalue weighted by Crippen LogP contribution is -2.39. The lowest BCUT2D eigenvalue weighted by atomic mass is 10.2. The lowest BCUT2D eigenvalue weighted by molar-refractivity contribution is 0.0263. The maximum absolute atomic E-state index is 12.1. The molecule has 1 N–H and O–H groups in total. The third-order valence-corrected chi connectivity index (χ3v) is 3.06. The van der Waals surface area contributed by atoms with Gasteiger partial charge in [-0.25, -0.2) is 14.8 Å². The number of nitrogens with zero attached hydrogens (tertiary/aromatic N) is 4. The van der Waals surface area contributed by atoms with E-state index < -0.39 is 5.60 Å². The van der Waals surface area contributed by atoms with Crippen LogP contribution in [0.1, 0.15) is 27.2 Å². The number of aromatic hydroxyl groups is 1. The Morgan fingerprint density at radius 2 is 1.86 bits per heavy atom. The number of carbonyl (C=O) groups excluding carboxylic acids is 1. The number of carbonyl (C=O) groups is 1. The second-order valence-corrected chi connectivity index (χ2v) is 6.05. The molecule has 2 heterocycles. The molecule has 0 radical (unpaired) electrons. The number of aromatic nitrogens is 2. The number of amides is 1. The summed E-state index contributed by atoms with van der Waals surface area (Å²) in [7, 11) is 0. The minimum Gasteiger partial charge on any atom is -0.505 e. The molecule has 7 heteroatoms. The van der Waals surface area contributed by atoms with Crippen LogP contribution in [0.15, 0.2) is 12.4 Å². The second-order valence-electron chi connectivity index (χ2n) is 6.05. The van der Waals surface area contributed by atoms with Gasteiger partial charge in [0.05, 0.1) is 12.4 Å². The van der Waals surface area contributed by atoms with Crippen molar-refractivity contribution in [2.24, 2.45) is 0 Å². The van der Waals surface area contributed by atoms with Crippen molar-refractivity contribution in [1.29, 1.82) is 0 Å². The first-order valence-corrected chi connectivity index (χ1v) is 7.09. The summed E-state index contributed by atoms with van der Waals surface area (Å²) in [5.41, 5.74) is -0.483. The van der Waals surface area contributed by atoms with Crippen LogP contribution in [0, 0.1) is 0 Å². The van der Waals surface area contributed by atoms with Crippen LogP contribution in [0.25, 0.3) is 0 Å². The number of hydrogen-bond donors (Lipinski definition) is 1. The van der Waals surface area contributed by atoms with Crippen LogP contribution in [0.3, 0.4) is 0 Å². The average molecular weight is 294 g/mol. The molecule has 1 aromatic rings. The molecule has 1 saturated heterocycles. The van der Waals surface area contributed by atoms with Gasteiger partial charge in [-0.15, -0.1) is 0 Å². The Hall–Kier alpha value is -2.05. The van der Waals surface area contributed by atoms with Crippen LogP contribution in [-0.4, -0.2) is 57.8 Å². The molecule has 0 unspecified atom stereocenters. The van der Waals surface area contributed by atoms with Crippen molar-refractivity contribution in [2.45, 2.75) is 32.8 Å². The molecule has 0 saturated carbocycles. The number of hydrogen-bond acceptors (Lipinski definition) is 6. The fraction of sp³-hybridized carbons (Fsp3) is 0.643. The molecule has 0 atom stereocenters. The van der Waals surface area contributed by atoms with E-state index in [2.05, 4.69) is 9.97 Å². The van der Waals surface area contributed by atoms with Crippen LogP contribution in [0.5, 0.6) is 5.75 Å². The molecule has 1 aromatic heterocycles. The molecule has 2 rings (SSSR count). The van der Waals surface area contributed by atoms with E-state index in [-0.39, 0.29) is 11.8 Å². The van der Waals surface area contributed by atoms with Gasteiger partial charge in [0.1, 0.15) is 5.60 Å². The van der Waals surface area contributed by atoms with Gasteiger partial charge in [0.2, 0.25) is 5.95 Å². The Labute approximate surface area is 124 Å². The number of anilines is 1. The molecule has 0 spiro atoms. The standard InChI is InChI=1S/C14H22N4O3/c1-14(2,3)21-13(20)18-6-4-5-17(7-8-18)12-15-9-11(19)10-16-12/h9-10,19H,4-8H2,1-3H3. The van der Waals surface area contributed by atoms with E-state index in [1.807, 2.05) is 25.7 Å². The second kappa shape index (κ2) is 6.15. The Morgan fingerprint density at radius 1 is 1.19 bits per heavy atom. The number of rotatable bonds is 1. The Bertz CT molecular complexity index is 484. The minimum atomic E-state index is -0.483. The molecule has 7 nitrogen and oxygen atoms in total. The smallest absolute Gasteiger partial charge is 0.410 e. The summed E-state index contributed by atoms with van der Waals surface area (Å²) in [6.45, 7) is 8.22. The zero-order chi connectivity index (χ0) is 15.5. The minimum absolute atomic E-state index is 0.0453. The van der Waals surface area contributed by atoms with Gasteiger partial charge in [-0.05, 0) is 27.2 Å². The van der Waals surface area contributed by atoms with Gasteiger partial charge in [-0.2, -0.15) is 0 Å². The van der Waals surface area contributed by atoms with E-state index >= 15 is 0 Å². The van der Waals surface area contributed by atoms with Crippen LogP contribution in [-0.2, 0) is 4.74 Å². The molecule has 1 fully saturated rings. The molecule has 1 aliphatic rings. The monoisotopic (exact) mass is 294 g/mol. The van der Waals surface area contributed by atoms with Gasteiger partial charge < -0.3 is 19.6 Å². The summed E-state index contributed by atoms with van der Waals surface area (Å²) in [4.78, 5) is 24.0. The topological polar surface area (TPSA) is 78.8 Å². The summed E-state index contributed by atoms with van der Waals surface area (Å²) in [5.74, 6) is 0.614. The van der Waals surface area contributed by atoms with Crippen LogP contribution in [0.2, 0.25) is 0 Å². The highest BCUT2D eigenvalue weighted by atomic mass is 16.6. The Kier molecular flexibility index (Phi) is 4.50.